The Morgan fingerprint density at radius 3 is 2.45 bits per heavy atom. The molecule has 3 rings (SSSR count). The van der Waals surface area contributed by atoms with E-state index in [0.29, 0.717) is 70.0 Å². The van der Waals surface area contributed by atoms with Crippen LogP contribution < -0.4 is 18.9 Å². The topological polar surface area (TPSA) is 57.2 Å². The molecule has 1 fully saturated rings. The van der Waals surface area contributed by atoms with Gasteiger partial charge >= 0.3 is 0 Å². The van der Waals surface area contributed by atoms with Crippen LogP contribution in [0.15, 0.2) is 41.3 Å². The van der Waals surface area contributed by atoms with Crippen LogP contribution in [0.1, 0.15) is 25.8 Å². The van der Waals surface area contributed by atoms with Gasteiger partial charge in [-0.15, -0.1) is 0 Å². The Morgan fingerprint density at radius 2 is 1.79 bits per heavy atom. The van der Waals surface area contributed by atoms with Gasteiger partial charge in [-0.25, -0.2) is 0 Å². The van der Waals surface area contributed by atoms with E-state index >= 15 is 0 Å². The summed E-state index contributed by atoms with van der Waals surface area (Å²) in [5, 5.41) is 0.406. The molecule has 0 radical (unpaired) electrons. The molecule has 0 aliphatic carbocycles. The molecule has 1 aliphatic heterocycles. The van der Waals surface area contributed by atoms with E-state index < -0.39 is 0 Å². The summed E-state index contributed by atoms with van der Waals surface area (Å²) < 4.78 is 23.3. The molecule has 0 N–H and O–H groups in total. The molecule has 176 valence electrons. The number of thiocarbonyl (C=S) groups is 1. The first-order chi connectivity index (χ1) is 16.0. The summed E-state index contributed by atoms with van der Waals surface area (Å²) in [7, 11) is 1.61. The molecule has 6 nitrogen and oxygen atoms in total. The van der Waals surface area contributed by atoms with Crippen LogP contribution in [0.2, 0.25) is 5.02 Å². The highest BCUT2D eigenvalue weighted by atomic mass is 35.5. The van der Waals surface area contributed by atoms with E-state index in [-0.39, 0.29) is 5.91 Å². The molecular formula is C24H26ClNO5S2. The van der Waals surface area contributed by atoms with Crippen molar-refractivity contribution >= 4 is 51.9 Å². The SMILES string of the molecule is CCOc1cc(/C=C2\SC(=S)N(CC)C2=O)cc(Cl)c1OCCCOc1ccccc1OC. The second-order valence-corrected chi connectivity index (χ2v) is 8.97. The number of para-hydroxylation sites is 2. The van der Waals surface area contributed by atoms with Crippen molar-refractivity contribution in [3.63, 3.8) is 0 Å². The molecule has 33 heavy (non-hydrogen) atoms. The van der Waals surface area contributed by atoms with E-state index in [9.17, 15) is 4.79 Å². The number of ether oxygens (including phenoxy) is 4. The minimum atomic E-state index is -0.100. The van der Waals surface area contributed by atoms with Gasteiger partial charge < -0.3 is 18.9 Å². The van der Waals surface area contributed by atoms with Gasteiger partial charge in [-0.2, -0.15) is 0 Å². The van der Waals surface area contributed by atoms with Crippen LogP contribution in [0.25, 0.3) is 6.08 Å². The van der Waals surface area contributed by atoms with Crippen LogP contribution in [0, 0.1) is 0 Å². The van der Waals surface area contributed by atoms with Crippen molar-refractivity contribution in [3.8, 4) is 23.0 Å². The van der Waals surface area contributed by atoms with Crippen molar-refractivity contribution < 1.29 is 23.7 Å². The zero-order chi connectivity index (χ0) is 23.8. The highest BCUT2D eigenvalue weighted by Gasteiger charge is 2.30. The molecule has 2 aromatic carbocycles. The van der Waals surface area contributed by atoms with Crippen LogP contribution in [0.4, 0.5) is 0 Å². The van der Waals surface area contributed by atoms with Crippen molar-refractivity contribution in [2.45, 2.75) is 20.3 Å². The van der Waals surface area contributed by atoms with Gasteiger partial charge in [0.2, 0.25) is 0 Å². The predicted molar refractivity (Wildman–Crippen MR) is 137 cm³/mol. The van der Waals surface area contributed by atoms with E-state index in [2.05, 4.69) is 0 Å². The molecule has 1 aliphatic rings. The average Bonchev–Trinajstić information content (AvgIpc) is 3.07. The third-order valence-corrected chi connectivity index (χ3v) is 6.34. The van der Waals surface area contributed by atoms with E-state index in [0.717, 1.165) is 5.56 Å². The Kier molecular flexibility index (Phi) is 9.29. The molecule has 0 spiro atoms. The molecule has 0 atom stereocenters. The molecule has 9 heteroatoms. The van der Waals surface area contributed by atoms with Crippen LogP contribution in [-0.4, -0.2) is 48.6 Å². The van der Waals surface area contributed by atoms with Crippen molar-refractivity contribution in [1.29, 1.82) is 0 Å². The second kappa shape index (κ2) is 12.2. The first kappa shape index (κ1) is 25.2. The van der Waals surface area contributed by atoms with Crippen molar-refractivity contribution in [1.82, 2.24) is 4.90 Å². The summed E-state index contributed by atoms with van der Waals surface area (Å²) >= 11 is 13.1. The van der Waals surface area contributed by atoms with Gasteiger partial charge in [0.25, 0.3) is 5.91 Å². The lowest BCUT2D eigenvalue weighted by molar-refractivity contribution is -0.121. The number of methoxy groups -OCH3 is 1. The fourth-order valence-electron chi connectivity index (χ4n) is 3.15. The Labute approximate surface area is 208 Å². The lowest BCUT2D eigenvalue weighted by Crippen LogP contribution is -2.27. The molecule has 1 saturated heterocycles. The summed E-state index contributed by atoms with van der Waals surface area (Å²) in [6, 6.07) is 11.1. The fraction of sp³-hybridized carbons (Fsp3) is 0.333. The quantitative estimate of drug-likeness (QED) is 0.216. The lowest BCUT2D eigenvalue weighted by Gasteiger charge is -2.15. The zero-order valence-electron chi connectivity index (χ0n) is 18.8. The van der Waals surface area contributed by atoms with Gasteiger partial charge in [0.05, 0.1) is 36.9 Å². The van der Waals surface area contributed by atoms with Gasteiger partial charge in [-0.1, -0.05) is 47.7 Å². The molecular weight excluding hydrogens is 482 g/mol. The van der Waals surface area contributed by atoms with Crippen LogP contribution in [0.3, 0.4) is 0 Å². The number of carbonyl (C=O) groups is 1. The maximum atomic E-state index is 12.5. The third-order valence-electron chi connectivity index (χ3n) is 4.68. The van der Waals surface area contributed by atoms with Crippen LogP contribution in [0.5, 0.6) is 23.0 Å². The van der Waals surface area contributed by atoms with Crippen molar-refractivity contribution in [2.75, 3.05) is 33.5 Å². The largest absolute Gasteiger partial charge is 0.493 e. The van der Waals surface area contributed by atoms with Crippen LogP contribution in [-0.2, 0) is 4.79 Å². The van der Waals surface area contributed by atoms with Gasteiger partial charge in [0.15, 0.2) is 23.0 Å². The molecule has 0 unspecified atom stereocenters. The Morgan fingerprint density at radius 1 is 1.06 bits per heavy atom. The fourth-order valence-corrected chi connectivity index (χ4v) is 4.81. The van der Waals surface area contributed by atoms with Gasteiger partial charge in [0, 0.05) is 13.0 Å². The first-order valence-electron chi connectivity index (χ1n) is 10.6. The van der Waals surface area contributed by atoms with Gasteiger partial charge in [0.1, 0.15) is 4.32 Å². The summed E-state index contributed by atoms with van der Waals surface area (Å²) in [4.78, 5) is 14.6. The lowest BCUT2D eigenvalue weighted by atomic mass is 10.1. The van der Waals surface area contributed by atoms with E-state index in [1.807, 2.05) is 44.2 Å². The number of hydrogen-bond donors (Lipinski definition) is 0. The summed E-state index contributed by atoms with van der Waals surface area (Å²) in [5.74, 6) is 2.26. The third kappa shape index (κ3) is 6.34. The van der Waals surface area contributed by atoms with E-state index in [1.54, 1.807) is 24.2 Å². The first-order valence-corrected chi connectivity index (χ1v) is 12.2. The number of rotatable bonds is 11. The predicted octanol–water partition coefficient (Wildman–Crippen LogP) is 5.82. The number of thioether (sulfide) groups is 1. The monoisotopic (exact) mass is 507 g/mol. The van der Waals surface area contributed by atoms with Crippen molar-refractivity contribution in [2.24, 2.45) is 0 Å². The summed E-state index contributed by atoms with van der Waals surface area (Å²) in [6.07, 6.45) is 2.41. The smallest absolute Gasteiger partial charge is 0.266 e. The number of halogens is 1. The maximum Gasteiger partial charge on any atom is 0.266 e. The average molecular weight is 508 g/mol. The number of hydrogen-bond acceptors (Lipinski definition) is 7. The highest BCUT2D eigenvalue weighted by molar-refractivity contribution is 8.26. The van der Waals surface area contributed by atoms with E-state index in [1.165, 1.54) is 11.8 Å². The van der Waals surface area contributed by atoms with Gasteiger partial charge in [-0.05, 0) is 49.8 Å². The zero-order valence-corrected chi connectivity index (χ0v) is 21.1. The molecule has 0 saturated carbocycles. The van der Waals surface area contributed by atoms with Crippen LogP contribution >= 0.6 is 35.6 Å². The number of likely N-dealkylation sites (N-methyl/N-ethyl adjacent to an activating group) is 1. The number of carbonyl (C=O) groups excluding carboxylic acids is 1. The number of amides is 1. The molecule has 0 bridgehead atoms. The number of benzene rings is 2. The summed E-state index contributed by atoms with van der Waals surface area (Å²) in [5.41, 5.74) is 0.743. The summed E-state index contributed by atoms with van der Waals surface area (Å²) in [6.45, 7) is 5.62. The number of nitrogens with zero attached hydrogens (tertiary/aromatic N) is 1. The minimum Gasteiger partial charge on any atom is -0.493 e. The van der Waals surface area contributed by atoms with Gasteiger partial charge in [-0.3, -0.25) is 9.69 Å². The van der Waals surface area contributed by atoms with E-state index in [4.69, 9.17) is 42.8 Å². The standard InChI is InChI=1S/C24H26ClNO5S2/c1-4-26-23(27)21(33-24(26)32)15-16-13-17(25)22(20(14-16)29-5-2)31-12-8-11-30-19-10-7-6-9-18(19)28-3/h6-7,9-10,13-15H,4-5,8,11-12H2,1-3H3/b21-15-. The Hall–Kier alpha value is -2.42. The Bertz CT molecular complexity index is 1040. The normalized spacial score (nSPS) is 14.7. The maximum absolute atomic E-state index is 12.5. The van der Waals surface area contributed by atoms with Crippen molar-refractivity contribution in [3.05, 3.63) is 51.9 Å². The minimum absolute atomic E-state index is 0.100. The molecule has 1 heterocycles. The molecule has 1 amide bonds. The molecule has 0 aromatic heterocycles. The molecule has 2 aromatic rings. The Balaban J connectivity index is 1.66. The second-order valence-electron chi connectivity index (χ2n) is 6.89. The highest BCUT2D eigenvalue weighted by Crippen LogP contribution is 2.39.